The van der Waals surface area contributed by atoms with E-state index >= 15 is 0 Å². The molecular weight excluding hydrogens is 447 g/mol. The SMILES string of the molecule is C[Si]C.[Hf].c1ccc2[cH-]ccc2c1.c1ccc2[cH-]ccc2c1. The summed E-state index contributed by atoms with van der Waals surface area (Å²) in [5, 5.41) is 5.32. The van der Waals surface area contributed by atoms with Crippen LogP contribution in [0.5, 0.6) is 0 Å². The van der Waals surface area contributed by atoms with Gasteiger partial charge in [0.15, 0.2) is 0 Å². The largest absolute Gasteiger partial charge is 0.168 e. The molecule has 0 amide bonds. The number of fused-ring (bicyclic) bond motifs is 2. The van der Waals surface area contributed by atoms with E-state index < -0.39 is 0 Å². The molecule has 0 unspecified atom stereocenters. The molecule has 4 rings (SSSR count). The molecule has 0 N–H and O–H groups in total. The maximum Gasteiger partial charge on any atom is 0.0307 e. The van der Waals surface area contributed by atoms with Crippen LogP contribution in [-0.4, -0.2) is 9.52 Å². The summed E-state index contributed by atoms with van der Waals surface area (Å²) >= 11 is 0. The third kappa shape index (κ3) is 5.51. The fourth-order valence-electron chi connectivity index (χ4n) is 2.14. The van der Waals surface area contributed by atoms with Crippen molar-refractivity contribution in [1.29, 1.82) is 0 Å². The first-order valence-electron chi connectivity index (χ1n) is 7.14. The third-order valence-corrected chi connectivity index (χ3v) is 3.10. The van der Waals surface area contributed by atoms with E-state index in [1.54, 1.807) is 0 Å². The molecule has 0 nitrogen and oxygen atoms in total. The Morgan fingerprint density at radius 2 is 1.00 bits per heavy atom. The third-order valence-electron chi connectivity index (χ3n) is 3.10. The number of hydrogen-bond donors (Lipinski definition) is 0. The van der Waals surface area contributed by atoms with Gasteiger partial charge in [0, 0.05) is 35.4 Å². The van der Waals surface area contributed by atoms with E-state index in [1.165, 1.54) is 21.5 Å². The Balaban J connectivity index is 0.000000181. The van der Waals surface area contributed by atoms with Gasteiger partial charge < -0.3 is 0 Å². The van der Waals surface area contributed by atoms with E-state index in [0.717, 1.165) is 9.52 Å². The molecule has 0 aliphatic rings. The van der Waals surface area contributed by atoms with Gasteiger partial charge in [0.2, 0.25) is 0 Å². The molecule has 0 bridgehead atoms. The quantitative estimate of drug-likeness (QED) is 0.223. The van der Waals surface area contributed by atoms with Crippen LogP contribution < -0.4 is 0 Å². The topological polar surface area (TPSA) is 0 Å². The van der Waals surface area contributed by atoms with Crippen molar-refractivity contribution in [3.8, 4) is 0 Å². The first-order chi connectivity index (χ1) is 10.3. The van der Waals surface area contributed by atoms with Crippen LogP contribution in [0.2, 0.25) is 13.1 Å². The van der Waals surface area contributed by atoms with Gasteiger partial charge in [0.05, 0.1) is 0 Å². The van der Waals surface area contributed by atoms with Crippen molar-refractivity contribution in [3.63, 3.8) is 0 Å². The fraction of sp³-hybridized carbons (Fsp3) is 0.100. The molecule has 0 fully saturated rings. The molecule has 0 saturated heterocycles. The van der Waals surface area contributed by atoms with Crippen molar-refractivity contribution in [3.05, 3.63) is 84.9 Å². The minimum Gasteiger partial charge on any atom is -0.168 e. The summed E-state index contributed by atoms with van der Waals surface area (Å²) in [4.78, 5) is 0. The monoisotopic (exact) mass is 468 g/mol. The van der Waals surface area contributed by atoms with Crippen molar-refractivity contribution in [2.24, 2.45) is 0 Å². The van der Waals surface area contributed by atoms with Crippen LogP contribution in [0, 0.1) is 0 Å². The van der Waals surface area contributed by atoms with E-state index in [0.29, 0.717) is 0 Å². The van der Waals surface area contributed by atoms with Gasteiger partial charge >= 0.3 is 0 Å². The van der Waals surface area contributed by atoms with Crippen LogP contribution in [-0.2, 0) is 25.8 Å². The van der Waals surface area contributed by atoms with Crippen LogP contribution in [0.25, 0.3) is 21.5 Å². The van der Waals surface area contributed by atoms with E-state index in [9.17, 15) is 0 Å². The molecule has 22 heavy (non-hydrogen) atoms. The maximum absolute atomic E-state index is 2.15. The number of benzene rings is 2. The van der Waals surface area contributed by atoms with Crippen LogP contribution in [0.1, 0.15) is 0 Å². The number of hydrogen-bond acceptors (Lipinski definition) is 0. The molecule has 0 aliphatic heterocycles. The fourth-order valence-corrected chi connectivity index (χ4v) is 2.14. The molecule has 4 aromatic carbocycles. The van der Waals surface area contributed by atoms with Crippen LogP contribution in [0.3, 0.4) is 0 Å². The normalized spacial score (nSPS) is 9.18. The first-order valence-corrected chi connectivity index (χ1v) is 9.14. The summed E-state index contributed by atoms with van der Waals surface area (Å²) in [5.74, 6) is 0. The molecule has 0 aliphatic carbocycles. The predicted octanol–water partition coefficient (Wildman–Crippen LogP) is 5.90. The molecule has 2 heteroatoms. The predicted molar refractivity (Wildman–Crippen MR) is 96.6 cm³/mol. The Labute approximate surface area is 154 Å². The van der Waals surface area contributed by atoms with Gasteiger partial charge in [-0.05, 0) is 0 Å². The standard InChI is InChI=1S/2C9H7.C2H6Si.Hf/c2*1-2-5-9-7-3-6-8(9)4-1;1-3-2;/h2*1-7H;1-2H3;/q2*-1;;. The molecule has 0 spiro atoms. The average Bonchev–Trinajstić information content (AvgIpc) is 3.17. The zero-order valence-electron chi connectivity index (χ0n) is 13.1. The summed E-state index contributed by atoms with van der Waals surface area (Å²) in [5.41, 5.74) is 0. The minimum atomic E-state index is 0. The Hall–Kier alpha value is -1.25. The second-order valence-corrected chi connectivity index (χ2v) is 5.81. The molecule has 0 saturated carbocycles. The second-order valence-electron chi connectivity index (χ2n) is 4.81. The Kier molecular flexibility index (Phi) is 8.94. The summed E-state index contributed by atoms with van der Waals surface area (Å²) in [6, 6.07) is 29.3. The molecule has 0 heterocycles. The van der Waals surface area contributed by atoms with Crippen LogP contribution >= 0.6 is 0 Å². The zero-order chi connectivity index (χ0) is 14.9. The van der Waals surface area contributed by atoms with Crippen molar-refractivity contribution in [2.75, 3.05) is 0 Å². The molecular formula is C20H20HfSi-2. The van der Waals surface area contributed by atoms with Crippen LogP contribution in [0.4, 0.5) is 0 Å². The van der Waals surface area contributed by atoms with Gasteiger partial charge in [-0.1, -0.05) is 25.2 Å². The molecule has 0 atom stereocenters. The molecule has 0 aromatic heterocycles. The van der Waals surface area contributed by atoms with Gasteiger partial charge in [-0.15, -0.1) is 59.3 Å². The van der Waals surface area contributed by atoms with Crippen molar-refractivity contribution >= 4 is 31.1 Å². The van der Waals surface area contributed by atoms with Crippen molar-refractivity contribution < 1.29 is 25.8 Å². The van der Waals surface area contributed by atoms with E-state index in [2.05, 4.69) is 98.0 Å². The summed E-state index contributed by atoms with van der Waals surface area (Å²) in [7, 11) is 1.08. The van der Waals surface area contributed by atoms with Gasteiger partial charge in [0.25, 0.3) is 0 Å². The van der Waals surface area contributed by atoms with E-state index in [-0.39, 0.29) is 25.8 Å². The molecule has 110 valence electrons. The minimum absolute atomic E-state index is 0. The number of rotatable bonds is 0. The zero-order valence-corrected chi connectivity index (χ0v) is 17.7. The van der Waals surface area contributed by atoms with Crippen molar-refractivity contribution in [2.45, 2.75) is 13.1 Å². The Morgan fingerprint density at radius 3 is 1.36 bits per heavy atom. The van der Waals surface area contributed by atoms with E-state index in [1.807, 2.05) is 0 Å². The molecule has 4 aromatic rings. The van der Waals surface area contributed by atoms with Gasteiger partial charge in [0.1, 0.15) is 0 Å². The Morgan fingerprint density at radius 1 is 0.636 bits per heavy atom. The first kappa shape index (κ1) is 18.8. The summed E-state index contributed by atoms with van der Waals surface area (Å²) < 4.78 is 0. The van der Waals surface area contributed by atoms with Crippen LogP contribution in [0.15, 0.2) is 84.9 Å². The smallest absolute Gasteiger partial charge is 0.0307 e. The Bertz CT molecular complexity index is 641. The second kappa shape index (κ2) is 10.5. The summed E-state index contributed by atoms with van der Waals surface area (Å²) in [6.07, 6.45) is 0. The van der Waals surface area contributed by atoms with Gasteiger partial charge in [-0.2, -0.15) is 35.0 Å². The maximum atomic E-state index is 2.15. The average molecular weight is 467 g/mol. The summed E-state index contributed by atoms with van der Waals surface area (Å²) in [6.45, 7) is 4.31. The molecule has 2 radical (unpaired) electrons. The van der Waals surface area contributed by atoms with Gasteiger partial charge in [-0.3, -0.25) is 0 Å². The van der Waals surface area contributed by atoms with E-state index in [4.69, 9.17) is 0 Å². The van der Waals surface area contributed by atoms with Crippen molar-refractivity contribution in [1.82, 2.24) is 0 Å². The van der Waals surface area contributed by atoms with Gasteiger partial charge in [-0.25, -0.2) is 0 Å².